The number of aromatic nitrogens is 3. The third-order valence-electron chi connectivity index (χ3n) is 3.49. The molecule has 3 aromatic rings. The molecule has 0 unspecified atom stereocenters. The normalized spacial score (nSPS) is 10.6. The summed E-state index contributed by atoms with van der Waals surface area (Å²) in [5, 5.41) is 16.6. The van der Waals surface area contributed by atoms with Crippen LogP contribution in [0.4, 0.5) is 8.78 Å². The second kappa shape index (κ2) is 7.18. The molecule has 0 aliphatic heterocycles. The highest BCUT2D eigenvalue weighted by atomic mass is 19.2. The Morgan fingerprint density at radius 1 is 1.12 bits per heavy atom. The fourth-order valence-corrected chi connectivity index (χ4v) is 2.20. The minimum atomic E-state index is -1.36. The zero-order chi connectivity index (χ0) is 18.7. The maximum absolute atomic E-state index is 13.4. The number of hydrogen-bond acceptors (Lipinski definition) is 5. The number of carbonyl (C=O) groups is 1. The molecule has 0 fully saturated rings. The van der Waals surface area contributed by atoms with E-state index in [-0.39, 0.29) is 18.2 Å². The Labute approximate surface area is 146 Å². The van der Waals surface area contributed by atoms with Gasteiger partial charge >= 0.3 is 5.97 Å². The molecule has 0 spiro atoms. The van der Waals surface area contributed by atoms with E-state index in [9.17, 15) is 18.7 Å². The number of nitrogens with zero attached hydrogens (tertiary/aromatic N) is 3. The highest BCUT2D eigenvalue weighted by molar-refractivity contribution is 5.87. The van der Waals surface area contributed by atoms with Crippen LogP contribution in [0.1, 0.15) is 16.1 Å². The number of aromatic carboxylic acids is 1. The van der Waals surface area contributed by atoms with E-state index in [0.717, 1.165) is 17.7 Å². The molecule has 0 amide bonds. The quantitative estimate of drug-likeness (QED) is 0.726. The van der Waals surface area contributed by atoms with Crippen molar-refractivity contribution < 1.29 is 28.2 Å². The van der Waals surface area contributed by atoms with Gasteiger partial charge in [-0.1, -0.05) is 17.3 Å². The predicted molar refractivity (Wildman–Crippen MR) is 85.5 cm³/mol. The maximum Gasteiger partial charge on any atom is 0.362 e. The van der Waals surface area contributed by atoms with Crippen LogP contribution in [0.3, 0.4) is 0 Å². The van der Waals surface area contributed by atoms with Crippen molar-refractivity contribution in [2.75, 3.05) is 7.11 Å². The summed E-state index contributed by atoms with van der Waals surface area (Å²) in [7, 11) is 1.54. The van der Waals surface area contributed by atoms with Gasteiger partial charge in [-0.2, -0.15) is 0 Å². The molecule has 9 heteroatoms. The number of carboxylic acids is 1. The van der Waals surface area contributed by atoms with Crippen LogP contribution in [-0.4, -0.2) is 33.2 Å². The third-order valence-corrected chi connectivity index (χ3v) is 3.49. The molecule has 26 heavy (non-hydrogen) atoms. The average molecular weight is 361 g/mol. The molecule has 0 radical (unpaired) electrons. The lowest BCUT2D eigenvalue weighted by molar-refractivity contribution is 0.0687. The van der Waals surface area contributed by atoms with Crippen molar-refractivity contribution >= 4 is 5.97 Å². The van der Waals surface area contributed by atoms with E-state index in [2.05, 4.69) is 10.3 Å². The van der Waals surface area contributed by atoms with E-state index in [1.165, 1.54) is 10.7 Å². The van der Waals surface area contributed by atoms with Crippen LogP contribution in [0.15, 0.2) is 42.5 Å². The summed E-state index contributed by atoms with van der Waals surface area (Å²) in [4.78, 5) is 11.3. The summed E-state index contributed by atoms with van der Waals surface area (Å²) in [6.45, 7) is 0.156. The van der Waals surface area contributed by atoms with E-state index in [1.54, 1.807) is 31.4 Å². The highest BCUT2D eigenvalue weighted by Gasteiger charge is 2.22. The molecule has 7 nitrogen and oxygen atoms in total. The molecule has 1 aromatic heterocycles. The topological polar surface area (TPSA) is 86.5 Å². The Morgan fingerprint density at radius 3 is 2.42 bits per heavy atom. The van der Waals surface area contributed by atoms with Crippen LogP contribution in [0.2, 0.25) is 0 Å². The molecule has 0 bridgehead atoms. The van der Waals surface area contributed by atoms with Crippen molar-refractivity contribution in [1.82, 2.24) is 15.0 Å². The minimum absolute atomic E-state index is 0.0790. The highest BCUT2D eigenvalue weighted by Crippen LogP contribution is 2.26. The van der Waals surface area contributed by atoms with E-state index in [4.69, 9.17) is 9.47 Å². The number of benzene rings is 2. The lowest BCUT2D eigenvalue weighted by Gasteiger charge is -2.09. The first-order valence-electron chi connectivity index (χ1n) is 7.40. The fourth-order valence-electron chi connectivity index (χ4n) is 2.20. The van der Waals surface area contributed by atoms with Gasteiger partial charge in [0, 0.05) is 6.07 Å². The summed E-state index contributed by atoms with van der Waals surface area (Å²) >= 11 is 0. The molecule has 0 saturated carbocycles. The summed E-state index contributed by atoms with van der Waals surface area (Å²) in [5.41, 5.74) is 0.339. The van der Waals surface area contributed by atoms with E-state index in [1.807, 2.05) is 0 Å². The summed E-state index contributed by atoms with van der Waals surface area (Å²) in [5.74, 6) is -3.13. The Morgan fingerprint density at radius 2 is 1.81 bits per heavy atom. The number of hydrogen-bond donors (Lipinski definition) is 1. The average Bonchev–Trinajstić information content (AvgIpc) is 3.01. The number of halogens is 2. The molecular weight excluding hydrogens is 348 g/mol. The summed E-state index contributed by atoms with van der Waals surface area (Å²) < 4.78 is 38.1. The first-order valence-corrected chi connectivity index (χ1v) is 7.40. The third kappa shape index (κ3) is 3.61. The molecule has 0 aliphatic carbocycles. The fraction of sp³-hybridized carbons (Fsp3) is 0.118. The van der Waals surface area contributed by atoms with Crippen LogP contribution < -0.4 is 9.47 Å². The van der Waals surface area contributed by atoms with Crippen LogP contribution in [0, 0.1) is 11.6 Å². The molecule has 134 valence electrons. The van der Waals surface area contributed by atoms with Gasteiger partial charge in [-0.3, -0.25) is 0 Å². The number of methoxy groups -OCH3 is 1. The smallest absolute Gasteiger partial charge is 0.362 e. The molecule has 0 aliphatic rings. The van der Waals surface area contributed by atoms with Gasteiger partial charge in [-0.15, -0.1) is 5.10 Å². The lowest BCUT2D eigenvalue weighted by atomic mass is 10.2. The molecule has 1 N–H and O–H groups in total. The van der Waals surface area contributed by atoms with Crippen molar-refractivity contribution in [2.45, 2.75) is 6.54 Å². The van der Waals surface area contributed by atoms with Gasteiger partial charge in [0.15, 0.2) is 11.6 Å². The van der Waals surface area contributed by atoms with Gasteiger partial charge in [0.05, 0.1) is 13.7 Å². The van der Waals surface area contributed by atoms with Gasteiger partial charge in [0.2, 0.25) is 5.69 Å². The maximum atomic E-state index is 13.4. The van der Waals surface area contributed by atoms with Crippen LogP contribution >= 0.6 is 0 Å². The van der Waals surface area contributed by atoms with Crippen LogP contribution in [-0.2, 0) is 6.54 Å². The van der Waals surface area contributed by atoms with Gasteiger partial charge in [-0.05, 0) is 29.8 Å². The molecular formula is C17H13F2N3O4. The Hall–Kier alpha value is -3.49. The summed E-state index contributed by atoms with van der Waals surface area (Å²) in [6.07, 6.45) is 0. The summed E-state index contributed by atoms with van der Waals surface area (Å²) in [6, 6.07) is 9.87. The Kier molecular flexibility index (Phi) is 4.78. The zero-order valence-electron chi connectivity index (χ0n) is 13.5. The van der Waals surface area contributed by atoms with Crippen molar-refractivity contribution in [3.8, 4) is 17.4 Å². The van der Waals surface area contributed by atoms with Crippen molar-refractivity contribution in [3.63, 3.8) is 0 Å². The molecule has 2 aromatic carbocycles. The van der Waals surface area contributed by atoms with Gasteiger partial charge in [0.1, 0.15) is 11.5 Å². The minimum Gasteiger partial charge on any atom is -0.497 e. The Bertz CT molecular complexity index is 942. The standard InChI is InChI=1S/C17H13F2N3O4/c1-25-11-4-2-10(3-5-11)9-22-16(15(17(23)24)20-21-22)26-12-6-7-13(18)14(19)8-12/h2-8H,9H2,1H3,(H,23,24). The molecule has 1 heterocycles. The predicted octanol–water partition coefficient (Wildman–Crippen LogP) is 3.10. The number of ether oxygens (including phenoxy) is 2. The first-order chi connectivity index (χ1) is 12.5. The van der Waals surface area contributed by atoms with E-state index in [0.29, 0.717) is 5.75 Å². The van der Waals surface area contributed by atoms with E-state index >= 15 is 0 Å². The van der Waals surface area contributed by atoms with Gasteiger partial charge in [0.25, 0.3) is 5.88 Å². The van der Waals surface area contributed by atoms with E-state index < -0.39 is 23.3 Å². The molecule has 3 rings (SSSR count). The molecule has 0 saturated heterocycles. The first kappa shape index (κ1) is 17.3. The number of carboxylic acid groups (broad SMARTS) is 1. The number of rotatable bonds is 6. The van der Waals surface area contributed by atoms with Crippen LogP contribution in [0.25, 0.3) is 0 Å². The Balaban J connectivity index is 1.92. The van der Waals surface area contributed by atoms with Crippen molar-refractivity contribution in [1.29, 1.82) is 0 Å². The SMILES string of the molecule is COc1ccc(Cn2nnc(C(=O)O)c2Oc2ccc(F)c(F)c2)cc1. The lowest BCUT2D eigenvalue weighted by Crippen LogP contribution is -2.06. The van der Waals surface area contributed by atoms with Crippen molar-refractivity contribution in [3.05, 3.63) is 65.4 Å². The monoisotopic (exact) mass is 361 g/mol. The largest absolute Gasteiger partial charge is 0.497 e. The van der Waals surface area contributed by atoms with Crippen molar-refractivity contribution in [2.24, 2.45) is 0 Å². The van der Waals surface area contributed by atoms with Gasteiger partial charge in [-0.25, -0.2) is 18.3 Å². The molecule has 0 atom stereocenters. The second-order valence-electron chi connectivity index (χ2n) is 5.23. The second-order valence-corrected chi connectivity index (χ2v) is 5.23. The van der Waals surface area contributed by atoms with Crippen LogP contribution in [0.5, 0.6) is 17.4 Å². The van der Waals surface area contributed by atoms with Gasteiger partial charge < -0.3 is 14.6 Å². The zero-order valence-corrected chi connectivity index (χ0v) is 13.5.